The molecule has 1 aromatic carbocycles. The number of carbonyl (C=O) groups excluding carboxylic acids is 2. The number of ether oxygens (including phenoxy) is 1. The Morgan fingerprint density at radius 3 is 2.62 bits per heavy atom. The van der Waals surface area contributed by atoms with E-state index in [0.29, 0.717) is 32.8 Å². The highest BCUT2D eigenvalue weighted by Crippen LogP contribution is 2.34. The van der Waals surface area contributed by atoms with Crippen molar-refractivity contribution in [2.75, 3.05) is 51.3 Å². The molecule has 0 N–H and O–H groups in total. The average molecular weight is 357 g/mol. The molecule has 3 fully saturated rings. The third kappa shape index (κ3) is 3.12. The predicted molar refractivity (Wildman–Crippen MR) is 98.9 cm³/mol. The molecule has 26 heavy (non-hydrogen) atoms. The molecule has 0 saturated carbocycles. The van der Waals surface area contributed by atoms with Crippen molar-refractivity contribution in [1.29, 1.82) is 0 Å². The molecule has 1 aromatic rings. The number of piperazine rings is 1. The molecule has 3 aliphatic heterocycles. The number of benzene rings is 1. The lowest BCUT2D eigenvalue weighted by molar-refractivity contribution is -0.138. The smallest absolute Gasteiger partial charge is 0.241 e. The van der Waals surface area contributed by atoms with E-state index in [-0.39, 0.29) is 23.3 Å². The van der Waals surface area contributed by atoms with Crippen LogP contribution in [-0.4, -0.2) is 73.6 Å². The minimum Gasteiger partial charge on any atom is -0.381 e. The number of para-hydroxylation sites is 1. The number of hydrogen-bond donors (Lipinski definition) is 0. The number of likely N-dealkylation sites (tertiary alicyclic amines) is 1. The predicted octanol–water partition coefficient (Wildman–Crippen LogP) is 1.36. The summed E-state index contributed by atoms with van der Waals surface area (Å²) in [6.07, 6.45) is 2.56. The van der Waals surface area contributed by atoms with E-state index in [0.717, 1.165) is 31.5 Å². The summed E-state index contributed by atoms with van der Waals surface area (Å²) < 4.78 is 5.39. The van der Waals surface area contributed by atoms with Gasteiger partial charge in [0.25, 0.3) is 0 Å². The summed E-state index contributed by atoms with van der Waals surface area (Å²) in [7, 11) is 2.02. The van der Waals surface area contributed by atoms with Crippen LogP contribution in [0.5, 0.6) is 0 Å². The zero-order valence-electron chi connectivity index (χ0n) is 15.4. The first kappa shape index (κ1) is 17.5. The molecule has 140 valence electrons. The van der Waals surface area contributed by atoms with E-state index in [9.17, 15) is 9.59 Å². The Labute approximate surface area is 154 Å². The van der Waals surface area contributed by atoms with Crippen molar-refractivity contribution in [3.8, 4) is 0 Å². The van der Waals surface area contributed by atoms with Crippen LogP contribution in [0.15, 0.2) is 30.3 Å². The van der Waals surface area contributed by atoms with Crippen molar-refractivity contribution in [3.63, 3.8) is 0 Å². The number of likely N-dealkylation sites (N-methyl/N-ethyl adjacent to an activating group) is 1. The molecule has 4 rings (SSSR count). The Morgan fingerprint density at radius 2 is 1.88 bits per heavy atom. The largest absolute Gasteiger partial charge is 0.381 e. The van der Waals surface area contributed by atoms with E-state index in [1.807, 2.05) is 47.2 Å². The summed E-state index contributed by atoms with van der Waals surface area (Å²) in [5.74, 6) is 0.486. The monoisotopic (exact) mass is 357 g/mol. The lowest BCUT2D eigenvalue weighted by Gasteiger charge is -2.46. The molecule has 1 spiro atoms. The molecular formula is C20H27N3O3. The Balaban J connectivity index is 1.50. The van der Waals surface area contributed by atoms with Gasteiger partial charge < -0.3 is 14.5 Å². The molecule has 0 bridgehead atoms. The van der Waals surface area contributed by atoms with Gasteiger partial charge in [-0.2, -0.15) is 0 Å². The van der Waals surface area contributed by atoms with E-state index in [4.69, 9.17) is 4.74 Å². The molecule has 6 nitrogen and oxygen atoms in total. The van der Waals surface area contributed by atoms with Gasteiger partial charge in [-0.15, -0.1) is 0 Å². The first-order chi connectivity index (χ1) is 12.6. The number of amides is 2. The van der Waals surface area contributed by atoms with Crippen LogP contribution in [0.2, 0.25) is 0 Å². The third-order valence-electron chi connectivity index (χ3n) is 6.22. The molecule has 6 heteroatoms. The fourth-order valence-corrected chi connectivity index (χ4v) is 4.49. The summed E-state index contributed by atoms with van der Waals surface area (Å²) >= 11 is 0. The number of anilines is 1. The van der Waals surface area contributed by atoms with Gasteiger partial charge in [0.2, 0.25) is 11.8 Å². The molecule has 3 heterocycles. The highest BCUT2D eigenvalue weighted by atomic mass is 16.5. The summed E-state index contributed by atoms with van der Waals surface area (Å²) in [6, 6.07) is 9.85. The first-order valence-corrected chi connectivity index (χ1v) is 9.52. The van der Waals surface area contributed by atoms with Crippen LogP contribution in [0.25, 0.3) is 0 Å². The van der Waals surface area contributed by atoms with E-state index >= 15 is 0 Å². The van der Waals surface area contributed by atoms with E-state index in [1.54, 1.807) is 0 Å². The van der Waals surface area contributed by atoms with Crippen LogP contribution in [-0.2, 0) is 14.3 Å². The minimum atomic E-state index is -0.148. The maximum absolute atomic E-state index is 12.9. The van der Waals surface area contributed by atoms with Crippen molar-refractivity contribution < 1.29 is 14.3 Å². The number of nitrogens with zero attached hydrogens (tertiary/aromatic N) is 3. The standard InChI is InChI=1S/C20H27N3O3/c1-21-13-18(24)23(17-5-3-2-4-6-17)15-20(21)9-10-22(14-20)19(25)16-7-11-26-12-8-16/h2-6,16H,7-15H2,1H3/t20-/m0/s1. The van der Waals surface area contributed by atoms with Crippen LogP contribution >= 0.6 is 0 Å². The normalized spacial score (nSPS) is 28.1. The fourth-order valence-electron chi connectivity index (χ4n) is 4.49. The molecule has 3 saturated heterocycles. The first-order valence-electron chi connectivity index (χ1n) is 9.52. The molecule has 2 amide bonds. The topological polar surface area (TPSA) is 53.1 Å². The second-order valence-electron chi connectivity index (χ2n) is 7.79. The maximum Gasteiger partial charge on any atom is 0.241 e. The molecule has 0 radical (unpaired) electrons. The minimum absolute atomic E-state index is 0.0969. The van der Waals surface area contributed by atoms with Gasteiger partial charge in [-0.25, -0.2) is 0 Å². The second kappa shape index (κ2) is 7.00. The van der Waals surface area contributed by atoms with Gasteiger partial charge in [0.15, 0.2) is 0 Å². The van der Waals surface area contributed by atoms with E-state index < -0.39 is 0 Å². The van der Waals surface area contributed by atoms with Crippen molar-refractivity contribution in [2.45, 2.75) is 24.8 Å². The maximum atomic E-state index is 12.9. The lowest BCUT2D eigenvalue weighted by Crippen LogP contribution is -2.64. The Kier molecular flexibility index (Phi) is 4.71. The van der Waals surface area contributed by atoms with E-state index in [1.165, 1.54) is 0 Å². The Bertz CT molecular complexity index is 674. The highest BCUT2D eigenvalue weighted by molar-refractivity contribution is 5.96. The SMILES string of the molecule is CN1CC(=O)N(c2ccccc2)C[C@@]12CCN(C(=O)C1CCOCC1)C2. The molecule has 0 aliphatic carbocycles. The zero-order chi connectivity index (χ0) is 18.1. The van der Waals surface area contributed by atoms with Gasteiger partial charge in [-0.3, -0.25) is 14.5 Å². The number of rotatable bonds is 2. The van der Waals surface area contributed by atoms with Gasteiger partial charge in [0, 0.05) is 44.5 Å². The van der Waals surface area contributed by atoms with Crippen molar-refractivity contribution in [3.05, 3.63) is 30.3 Å². The quantitative estimate of drug-likeness (QED) is 0.802. The van der Waals surface area contributed by atoms with Gasteiger partial charge >= 0.3 is 0 Å². The summed E-state index contributed by atoms with van der Waals surface area (Å²) in [6.45, 7) is 3.89. The number of carbonyl (C=O) groups is 2. The highest BCUT2D eigenvalue weighted by Gasteiger charge is 2.49. The van der Waals surface area contributed by atoms with Crippen LogP contribution < -0.4 is 4.90 Å². The average Bonchev–Trinajstić information content (AvgIpc) is 3.11. The summed E-state index contributed by atoms with van der Waals surface area (Å²) in [4.78, 5) is 31.6. The zero-order valence-corrected chi connectivity index (χ0v) is 15.4. The molecule has 0 unspecified atom stereocenters. The summed E-state index contributed by atoms with van der Waals surface area (Å²) in [5, 5.41) is 0. The molecule has 1 atom stereocenters. The van der Waals surface area contributed by atoms with Crippen molar-refractivity contribution >= 4 is 17.5 Å². The fraction of sp³-hybridized carbons (Fsp3) is 0.600. The second-order valence-corrected chi connectivity index (χ2v) is 7.79. The van der Waals surface area contributed by atoms with Crippen molar-refractivity contribution in [1.82, 2.24) is 9.80 Å². The summed E-state index contributed by atoms with van der Waals surface area (Å²) in [5.41, 5.74) is 0.795. The number of hydrogen-bond acceptors (Lipinski definition) is 4. The Morgan fingerprint density at radius 1 is 1.15 bits per heavy atom. The third-order valence-corrected chi connectivity index (χ3v) is 6.22. The molecule has 0 aromatic heterocycles. The van der Waals surface area contributed by atoms with Crippen LogP contribution in [0, 0.1) is 5.92 Å². The van der Waals surface area contributed by atoms with Crippen LogP contribution in [0.3, 0.4) is 0 Å². The Hall–Kier alpha value is -1.92. The van der Waals surface area contributed by atoms with Gasteiger partial charge in [0.05, 0.1) is 12.1 Å². The van der Waals surface area contributed by atoms with Crippen LogP contribution in [0.4, 0.5) is 5.69 Å². The lowest BCUT2D eigenvalue weighted by atomic mass is 9.92. The van der Waals surface area contributed by atoms with Crippen molar-refractivity contribution in [2.24, 2.45) is 5.92 Å². The van der Waals surface area contributed by atoms with Crippen LogP contribution in [0.1, 0.15) is 19.3 Å². The van der Waals surface area contributed by atoms with Gasteiger partial charge in [-0.05, 0) is 38.4 Å². The van der Waals surface area contributed by atoms with Gasteiger partial charge in [0.1, 0.15) is 0 Å². The van der Waals surface area contributed by atoms with Gasteiger partial charge in [-0.1, -0.05) is 18.2 Å². The molecule has 3 aliphatic rings. The molecular weight excluding hydrogens is 330 g/mol. The van der Waals surface area contributed by atoms with E-state index in [2.05, 4.69) is 4.90 Å².